The van der Waals surface area contributed by atoms with Gasteiger partial charge in [-0.05, 0) is 37.3 Å². The van der Waals surface area contributed by atoms with Crippen LogP contribution in [-0.4, -0.2) is 26.4 Å². The van der Waals surface area contributed by atoms with E-state index in [0.717, 1.165) is 30.4 Å². The Balaban J connectivity index is 1.86. The van der Waals surface area contributed by atoms with E-state index in [9.17, 15) is 0 Å². The van der Waals surface area contributed by atoms with E-state index in [4.69, 9.17) is 14.7 Å². The Hall–Kier alpha value is -1.73. The van der Waals surface area contributed by atoms with Crippen LogP contribution < -0.4 is 10.1 Å². The van der Waals surface area contributed by atoms with Crippen LogP contribution in [0.5, 0.6) is 5.75 Å². The van der Waals surface area contributed by atoms with Crippen LogP contribution in [0.15, 0.2) is 24.3 Å². The van der Waals surface area contributed by atoms with Crippen molar-refractivity contribution >= 4 is 5.69 Å². The van der Waals surface area contributed by atoms with Gasteiger partial charge in [0.2, 0.25) is 0 Å². The smallest absolute Gasteiger partial charge is 0.121 e. The second kappa shape index (κ2) is 7.76. The van der Waals surface area contributed by atoms with Gasteiger partial charge in [-0.3, -0.25) is 0 Å². The fraction of sp³-hybridized carbons (Fsp3) is 0.562. The second-order valence-corrected chi connectivity index (χ2v) is 5.18. The van der Waals surface area contributed by atoms with Crippen molar-refractivity contribution in [2.75, 3.05) is 25.6 Å². The number of rotatable bonds is 9. The third-order valence-corrected chi connectivity index (χ3v) is 3.43. The number of hydrogen-bond donors (Lipinski definition) is 1. The monoisotopic (exact) mass is 274 g/mol. The molecule has 1 aromatic carbocycles. The summed E-state index contributed by atoms with van der Waals surface area (Å²) in [7, 11) is 1.74. The molecule has 1 N–H and O–H groups in total. The van der Waals surface area contributed by atoms with Crippen molar-refractivity contribution in [1.29, 1.82) is 5.26 Å². The number of nitrogens with zero attached hydrogens (tertiary/aromatic N) is 1. The molecule has 0 aliphatic heterocycles. The van der Waals surface area contributed by atoms with E-state index in [1.165, 1.54) is 12.8 Å². The lowest BCUT2D eigenvalue weighted by atomic mass is 10.2. The molecule has 1 saturated carbocycles. The molecule has 4 heteroatoms. The molecule has 20 heavy (non-hydrogen) atoms. The minimum absolute atomic E-state index is 0.383. The van der Waals surface area contributed by atoms with E-state index in [1.807, 2.05) is 24.3 Å². The fourth-order valence-electron chi connectivity index (χ4n) is 2.20. The highest BCUT2D eigenvalue weighted by Gasteiger charge is 2.31. The van der Waals surface area contributed by atoms with Gasteiger partial charge in [0.15, 0.2) is 0 Å². The average molecular weight is 274 g/mol. The molecule has 0 spiro atoms. The molecule has 108 valence electrons. The topological polar surface area (TPSA) is 54.3 Å². The molecule has 1 aliphatic rings. The summed E-state index contributed by atoms with van der Waals surface area (Å²) in [4.78, 5) is 0. The first-order chi connectivity index (χ1) is 9.83. The first-order valence-electron chi connectivity index (χ1n) is 7.19. The third kappa shape index (κ3) is 4.75. The lowest BCUT2D eigenvalue weighted by Crippen LogP contribution is -2.27. The van der Waals surface area contributed by atoms with Gasteiger partial charge >= 0.3 is 0 Å². The van der Waals surface area contributed by atoms with Crippen LogP contribution in [0.1, 0.15) is 25.7 Å². The summed E-state index contributed by atoms with van der Waals surface area (Å²) in [5, 5.41) is 12.0. The zero-order valence-electron chi connectivity index (χ0n) is 12.0. The number of anilines is 1. The maximum atomic E-state index is 8.49. The number of ether oxygens (including phenoxy) is 2. The van der Waals surface area contributed by atoms with E-state index >= 15 is 0 Å². The molecule has 0 heterocycles. The fourth-order valence-corrected chi connectivity index (χ4v) is 2.20. The van der Waals surface area contributed by atoms with E-state index in [1.54, 1.807) is 7.11 Å². The van der Waals surface area contributed by atoms with Crippen LogP contribution in [-0.2, 0) is 4.74 Å². The molecule has 1 unspecified atom stereocenters. The highest BCUT2D eigenvalue weighted by atomic mass is 16.5. The number of nitriles is 1. The van der Waals surface area contributed by atoms with Crippen LogP contribution in [0.2, 0.25) is 0 Å². The van der Waals surface area contributed by atoms with Gasteiger partial charge in [0.05, 0.1) is 25.3 Å². The highest BCUT2D eigenvalue weighted by molar-refractivity contribution is 5.49. The van der Waals surface area contributed by atoms with E-state index < -0.39 is 0 Å². The standard InChI is InChI=1S/C16H22N2O2/c1-19-12-16(13-7-8-13)18-14-5-4-6-15(11-14)20-10-3-2-9-17/h4-6,11,13,16,18H,2-3,7-8,10,12H2,1H3. The Labute approximate surface area is 120 Å². The Kier molecular flexibility index (Phi) is 5.69. The van der Waals surface area contributed by atoms with E-state index in [2.05, 4.69) is 11.4 Å². The number of methoxy groups -OCH3 is 1. The number of hydrogen-bond acceptors (Lipinski definition) is 4. The molecule has 0 saturated heterocycles. The number of unbranched alkanes of at least 4 members (excludes halogenated alkanes) is 1. The molecular weight excluding hydrogens is 252 g/mol. The van der Waals surface area contributed by atoms with Crippen molar-refractivity contribution in [2.45, 2.75) is 31.7 Å². The van der Waals surface area contributed by atoms with Gasteiger partial charge in [-0.25, -0.2) is 0 Å². The van der Waals surface area contributed by atoms with Gasteiger partial charge in [0, 0.05) is 25.3 Å². The minimum Gasteiger partial charge on any atom is -0.493 e. The van der Waals surface area contributed by atoms with Gasteiger partial charge in [-0.15, -0.1) is 0 Å². The van der Waals surface area contributed by atoms with Gasteiger partial charge in [0.25, 0.3) is 0 Å². The van der Waals surface area contributed by atoms with E-state index in [-0.39, 0.29) is 0 Å². The summed E-state index contributed by atoms with van der Waals surface area (Å²) in [6.45, 7) is 1.32. The van der Waals surface area contributed by atoms with Crippen molar-refractivity contribution in [3.05, 3.63) is 24.3 Å². The van der Waals surface area contributed by atoms with Gasteiger partial charge < -0.3 is 14.8 Å². The van der Waals surface area contributed by atoms with E-state index in [0.29, 0.717) is 19.1 Å². The van der Waals surface area contributed by atoms with Crippen molar-refractivity contribution < 1.29 is 9.47 Å². The summed E-state index contributed by atoms with van der Waals surface area (Å²) < 4.78 is 10.9. The first kappa shape index (κ1) is 14.7. The zero-order valence-corrected chi connectivity index (χ0v) is 12.0. The minimum atomic E-state index is 0.383. The molecule has 4 nitrogen and oxygen atoms in total. The summed E-state index contributed by atoms with van der Waals surface area (Å²) >= 11 is 0. The van der Waals surface area contributed by atoms with Crippen LogP contribution in [0, 0.1) is 17.2 Å². The van der Waals surface area contributed by atoms with Crippen molar-refractivity contribution in [3.8, 4) is 11.8 Å². The molecular formula is C16H22N2O2. The summed E-state index contributed by atoms with van der Waals surface area (Å²) in [6, 6.07) is 10.5. The zero-order chi connectivity index (χ0) is 14.2. The molecule has 1 atom stereocenters. The predicted octanol–water partition coefficient (Wildman–Crippen LogP) is 3.21. The lowest BCUT2D eigenvalue weighted by molar-refractivity contribution is 0.179. The summed E-state index contributed by atoms with van der Waals surface area (Å²) in [5.41, 5.74) is 1.07. The van der Waals surface area contributed by atoms with Crippen LogP contribution in [0.25, 0.3) is 0 Å². The Morgan fingerprint density at radius 1 is 1.45 bits per heavy atom. The first-order valence-corrected chi connectivity index (χ1v) is 7.19. The Bertz CT molecular complexity index is 452. The highest BCUT2D eigenvalue weighted by Crippen LogP contribution is 2.34. The molecule has 1 fully saturated rings. The van der Waals surface area contributed by atoms with Gasteiger partial charge in [0.1, 0.15) is 5.75 Å². The largest absolute Gasteiger partial charge is 0.493 e. The number of nitrogens with one attached hydrogen (secondary N) is 1. The maximum Gasteiger partial charge on any atom is 0.121 e. The Morgan fingerprint density at radius 2 is 2.30 bits per heavy atom. The second-order valence-electron chi connectivity index (χ2n) is 5.18. The number of benzene rings is 1. The third-order valence-electron chi connectivity index (χ3n) is 3.43. The van der Waals surface area contributed by atoms with Crippen molar-refractivity contribution in [1.82, 2.24) is 0 Å². The SMILES string of the molecule is COCC(Nc1cccc(OCCCC#N)c1)C1CC1. The molecule has 0 radical (unpaired) electrons. The molecule has 2 rings (SSSR count). The lowest BCUT2D eigenvalue weighted by Gasteiger charge is -2.19. The maximum absolute atomic E-state index is 8.49. The van der Waals surface area contributed by atoms with Crippen LogP contribution >= 0.6 is 0 Å². The van der Waals surface area contributed by atoms with Crippen LogP contribution in [0.3, 0.4) is 0 Å². The molecule has 0 bridgehead atoms. The molecule has 0 amide bonds. The predicted molar refractivity (Wildman–Crippen MR) is 78.8 cm³/mol. The van der Waals surface area contributed by atoms with Crippen molar-refractivity contribution in [2.24, 2.45) is 5.92 Å². The molecule has 1 aliphatic carbocycles. The van der Waals surface area contributed by atoms with Crippen molar-refractivity contribution in [3.63, 3.8) is 0 Å². The average Bonchev–Trinajstić information content (AvgIpc) is 3.28. The Morgan fingerprint density at radius 3 is 3.00 bits per heavy atom. The normalized spacial score (nSPS) is 15.4. The summed E-state index contributed by atoms with van der Waals surface area (Å²) in [5.74, 6) is 1.58. The van der Waals surface area contributed by atoms with Crippen LogP contribution in [0.4, 0.5) is 5.69 Å². The summed E-state index contributed by atoms with van der Waals surface area (Å²) in [6.07, 6.45) is 3.87. The van der Waals surface area contributed by atoms with Gasteiger partial charge in [-0.2, -0.15) is 5.26 Å². The molecule has 1 aromatic rings. The van der Waals surface area contributed by atoms with Gasteiger partial charge in [-0.1, -0.05) is 6.07 Å². The quantitative estimate of drug-likeness (QED) is 0.703. The molecule has 0 aromatic heterocycles.